The molecule has 186 valence electrons. The molecule has 0 amide bonds. The lowest BCUT2D eigenvalue weighted by atomic mass is 10.0. The number of hydrogen-bond acceptors (Lipinski definition) is 5. The molecule has 0 aliphatic rings. The lowest BCUT2D eigenvalue weighted by Gasteiger charge is -2.11. The van der Waals surface area contributed by atoms with Gasteiger partial charge in [-0.05, 0) is 47.9 Å². The molecule has 0 aliphatic heterocycles. The van der Waals surface area contributed by atoms with Gasteiger partial charge in [0.05, 0.1) is 19.0 Å². The molecule has 0 spiro atoms. The number of carbonyl (C=O) groups excluding carboxylic acids is 1. The Morgan fingerprint density at radius 3 is 2.84 bits per heavy atom. The van der Waals surface area contributed by atoms with Crippen LogP contribution in [0, 0.1) is 0 Å². The number of aromatic nitrogens is 3. The molecule has 5 rings (SSSR count). The standard InChI is InChI=1S/C30H27N3O4/c1-3-23-24-14-15-31-25(24)11-12-27(23)37-22-9-5-8-21(17-22)30-32-18-26(33-30)29(35)20-7-4-6-19(16-20)10-13-28(34)36-2/h3-9,11-12,14-18,29,31,35H,1,10,13H2,2H3,(H,32,33). The lowest BCUT2D eigenvalue weighted by molar-refractivity contribution is -0.140. The number of nitrogens with zero attached hydrogens (tertiary/aromatic N) is 1. The van der Waals surface area contributed by atoms with Crippen molar-refractivity contribution in [2.75, 3.05) is 7.11 Å². The fraction of sp³-hybridized carbons (Fsp3) is 0.133. The van der Waals surface area contributed by atoms with Gasteiger partial charge in [-0.2, -0.15) is 0 Å². The van der Waals surface area contributed by atoms with Crippen LogP contribution in [-0.4, -0.2) is 33.1 Å². The van der Waals surface area contributed by atoms with E-state index < -0.39 is 6.10 Å². The van der Waals surface area contributed by atoms with Crippen molar-refractivity contribution < 1.29 is 19.4 Å². The molecular formula is C30H27N3O4. The summed E-state index contributed by atoms with van der Waals surface area (Å²) in [6.45, 7) is 3.95. The van der Waals surface area contributed by atoms with Gasteiger partial charge in [0.25, 0.3) is 0 Å². The van der Waals surface area contributed by atoms with Crippen LogP contribution >= 0.6 is 0 Å². The molecule has 0 fully saturated rings. The molecule has 2 heterocycles. The van der Waals surface area contributed by atoms with Gasteiger partial charge in [-0.25, -0.2) is 4.98 Å². The van der Waals surface area contributed by atoms with E-state index in [0.717, 1.165) is 27.6 Å². The summed E-state index contributed by atoms with van der Waals surface area (Å²) in [7, 11) is 1.38. The Labute approximate surface area is 214 Å². The van der Waals surface area contributed by atoms with Gasteiger partial charge < -0.3 is 24.5 Å². The van der Waals surface area contributed by atoms with Crippen LogP contribution in [0.5, 0.6) is 11.5 Å². The minimum atomic E-state index is -0.887. The normalized spacial score (nSPS) is 11.8. The Bertz CT molecular complexity index is 1570. The molecule has 0 bridgehead atoms. The maximum atomic E-state index is 11.5. The molecule has 7 nitrogen and oxygen atoms in total. The van der Waals surface area contributed by atoms with Gasteiger partial charge in [-0.1, -0.05) is 49.1 Å². The lowest BCUT2D eigenvalue weighted by Crippen LogP contribution is -2.04. The Morgan fingerprint density at radius 2 is 2.00 bits per heavy atom. The monoisotopic (exact) mass is 493 g/mol. The van der Waals surface area contributed by atoms with Crippen LogP contribution < -0.4 is 4.74 Å². The molecule has 3 N–H and O–H groups in total. The number of methoxy groups -OCH3 is 1. The highest BCUT2D eigenvalue weighted by Gasteiger charge is 2.16. The molecular weight excluding hydrogens is 466 g/mol. The highest BCUT2D eigenvalue weighted by molar-refractivity contribution is 5.91. The number of fused-ring (bicyclic) bond motifs is 1. The number of nitrogens with one attached hydrogen (secondary N) is 2. The average Bonchev–Trinajstić information content (AvgIpc) is 3.62. The number of aromatic amines is 2. The van der Waals surface area contributed by atoms with Gasteiger partial charge in [0.1, 0.15) is 23.4 Å². The second-order valence-electron chi connectivity index (χ2n) is 8.66. The molecule has 5 aromatic rings. The predicted octanol–water partition coefficient (Wildman–Crippen LogP) is 6.18. The number of hydrogen-bond donors (Lipinski definition) is 3. The fourth-order valence-electron chi connectivity index (χ4n) is 4.34. The van der Waals surface area contributed by atoms with E-state index in [0.29, 0.717) is 35.0 Å². The fourth-order valence-corrected chi connectivity index (χ4v) is 4.34. The van der Waals surface area contributed by atoms with Gasteiger partial charge in [0.2, 0.25) is 0 Å². The quantitative estimate of drug-likeness (QED) is 0.213. The molecule has 1 unspecified atom stereocenters. The maximum absolute atomic E-state index is 11.5. The van der Waals surface area contributed by atoms with Crippen LogP contribution in [0.25, 0.3) is 28.4 Å². The summed E-state index contributed by atoms with van der Waals surface area (Å²) in [5, 5.41) is 12.0. The highest BCUT2D eigenvalue weighted by atomic mass is 16.5. The number of benzene rings is 3. The van der Waals surface area contributed by atoms with Gasteiger partial charge in [-0.15, -0.1) is 0 Å². The highest BCUT2D eigenvalue weighted by Crippen LogP contribution is 2.33. The molecule has 2 aromatic heterocycles. The molecule has 7 heteroatoms. The van der Waals surface area contributed by atoms with Crippen molar-refractivity contribution in [2.45, 2.75) is 18.9 Å². The van der Waals surface area contributed by atoms with E-state index in [2.05, 4.69) is 21.5 Å². The number of H-pyrrole nitrogens is 2. The van der Waals surface area contributed by atoms with Gasteiger partial charge in [-0.3, -0.25) is 4.79 Å². The Balaban J connectivity index is 1.34. The van der Waals surface area contributed by atoms with Crippen LogP contribution in [0.3, 0.4) is 0 Å². The first kappa shape index (κ1) is 24.1. The SMILES string of the molecule is C=Cc1c(Oc2cccc(-c3ncc(C(O)c4cccc(CCC(=O)OC)c4)[nH]3)c2)ccc2[nH]ccc12. The molecule has 0 saturated carbocycles. The third-order valence-electron chi connectivity index (χ3n) is 6.28. The summed E-state index contributed by atoms with van der Waals surface area (Å²) in [6.07, 6.45) is 5.25. The van der Waals surface area contributed by atoms with E-state index in [-0.39, 0.29) is 12.4 Å². The summed E-state index contributed by atoms with van der Waals surface area (Å²) in [6, 6.07) is 21.0. The molecule has 0 aliphatic carbocycles. The Morgan fingerprint density at radius 1 is 1.14 bits per heavy atom. The Hall–Kier alpha value is -4.62. The van der Waals surface area contributed by atoms with E-state index in [9.17, 15) is 9.90 Å². The first-order valence-corrected chi connectivity index (χ1v) is 11.9. The van der Waals surface area contributed by atoms with E-state index in [1.54, 1.807) is 12.3 Å². The van der Waals surface area contributed by atoms with Crippen molar-refractivity contribution in [1.82, 2.24) is 15.0 Å². The van der Waals surface area contributed by atoms with Crippen LogP contribution in [-0.2, 0) is 16.0 Å². The Kier molecular flexibility index (Phi) is 6.87. The topological polar surface area (TPSA) is 100 Å². The minimum Gasteiger partial charge on any atom is -0.469 e. The number of esters is 1. The molecule has 37 heavy (non-hydrogen) atoms. The number of carbonyl (C=O) groups is 1. The van der Waals surface area contributed by atoms with Crippen LogP contribution in [0.2, 0.25) is 0 Å². The van der Waals surface area contributed by atoms with Gasteiger partial charge in [0, 0.05) is 34.6 Å². The smallest absolute Gasteiger partial charge is 0.305 e. The molecule has 3 aromatic carbocycles. The number of aryl methyl sites for hydroxylation is 1. The molecule has 0 radical (unpaired) electrons. The summed E-state index contributed by atoms with van der Waals surface area (Å²) in [5.74, 6) is 1.72. The third-order valence-corrected chi connectivity index (χ3v) is 6.28. The van der Waals surface area contributed by atoms with Crippen LogP contribution in [0.15, 0.2) is 85.7 Å². The molecule has 0 saturated heterocycles. The van der Waals surface area contributed by atoms with Crippen molar-refractivity contribution in [1.29, 1.82) is 0 Å². The first-order valence-electron chi connectivity index (χ1n) is 11.9. The van der Waals surface area contributed by atoms with E-state index in [1.165, 1.54) is 7.11 Å². The predicted molar refractivity (Wildman–Crippen MR) is 143 cm³/mol. The number of aliphatic hydroxyl groups excluding tert-OH is 1. The zero-order chi connectivity index (χ0) is 25.8. The van der Waals surface area contributed by atoms with Crippen molar-refractivity contribution in [3.8, 4) is 22.9 Å². The number of ether oxygens (including phenoxy) is 2. The summed E-state index contributed by atoms with van der Waals surface area (Å²) >= 11 is 0. The largest absolute Gasteiger partial charge is 0.469 e. The van der Waals surface area contributed by atoms with Gasteiger partial charge >= 0.3 is 5.97 Å². The van der Waals surface area contributed by atoms with Crippen LogP contribution in [0.4, 0.5) is 0 Å². The zero-order valence-corrected chi connectivity index (χ0v) is 20.4. The van der Waals surface area contributed by atoms with Crippen LogP contribution in [0.1, 0.15) is 34.9 Å². The van der Waals surface area contributed by atoms with E-state index >= 15 is 0 Å². The van der Waals surface area contributed by atoms with E-state index in [1.807, 2.05) is 72.9 Å². The number of aliphatic hydroxyl groups is 1. The average molecular weight is 494 g/mol. The van der Waals surface area contributed by atoms with E-state index in [4.69, 9.17) is 9.47 Å². The molecule has 1 atom stereocenters. The summed E-state index contributed by atoms with van der Waals surface area (Å²) in [4.78, 5) is 22.4. The zero-order valence-electron chi connectivity index (χ0n) is 20.4. The second-order valence-corrected chi connectivity index (χ2v) is 8.66. The maximum Gasteiger partial charge on any atom is 0.305 e. The van der Waals surface area contributed by atoms with Crippen molar-refractivity contribution in [3.63, 3.8) is 0 Å². The van der Waals surface area contributed by atoms with Gasteiger partial charge in [0.15, 0.2) is 0 Å². The number of rotatable bonds is 9. The number of imidazole rings is 1. The van der Waals surface area contributed by atoms with Crippen molar-refractivity contribution in [2.24, 2.45) is 0 Å². The second kappa shape index (κ2) is 10.6. The minimum absolute atomic E-state index is 0.263. The van der Waals surface area contributed by atoms with Crippen molar-refractivity contribution >= 4 is 22.9 Å². The van der Waals surface area contributed by atoms with Crippen molar-refractivity contribution in [3.05, 3.63) is 108 Å². The third kappa shape index (κ3) is 5.17. The summed E-state index contributed by atoms with van der Waals surface area (Å²) < 4.78 is 10.9. The summed E-state index contributed by atoms with van der Waals surface area (Å²) in [5.41, 5.74) is 4.99. The first-order chi connectivity index (χ1) is 18.1.